The Morgan fingerprint density at radius 1 is 1.62 bits per heavy atom. The summed E-state index contributed by atoms with van der Waals surface area (Å²) >= 11 is 0. The maximum atomic E-state index is 11.2. The van der Waals surface area contributed by atoms with Gasteiger partial charge in [-0.1, -0.05) is 0 Å². The van der Waals surface area contributed by atoms with Crippen LogP contribution in [0.15, 0.2) is 0 Å². The monoisotopic (exact) mass is 185 g/mol. The number of carbonyl (C=O) groups is 1. The lowest BCUT2D eigenvalue weighted by molar-refractivity contribution is -0.144. The topological polar surface area (TPSA) is 29.5 Å². The maximum absolute atomic E-state index is 11.2. The van der Waals surface area contributed by atoms with Crippen LogP contribution in [-0.4, -0.2) is 36.6 Å². The summed E-state index contributed by atoms with van der Waals surface area (Å²) in [5.41, 5.74) is 0. The number of carbonyl (C=O) groups excluding carboxylic acids is 1. The minimum atomic E-state index is -0.0810. The van der Waals surface area contributed by atoms with Crippen molar-refractivity contribution in [3.8, 4) is 0 Å². The van der Waals surface area contributed by atoms with E-state index < -0.39 is 0 Å². The van der Waals surface area contributed by atoms with Crippen molar-refractivity contribution < 1.29 is 9.53 Å². The van der Waals surface area contributed by atoms with Crippen molar-refractivity contribution in [3.63, 3.8) is 0 Å². The molecule has 0 spiro atoms. The molecule has 0 heterocycles. The highest BCUT2D eigenvalue weighted by Crippen LogP contribution is 2.27. The van der Waals surface area contributed by atoms with E-state index in [9.17, 15) is 4.79 Å². The Labute approximate surface area is 80.1 Å². The molecule has 3 nitrogen and oxygen atoms in total. The fourth-order valence-corrected chi connectivity index (χ4v) is 1.45. The Kier molecular flexibility index (Phi) is 3.72. The summed E-state index contributed by atoms with van der Waals surface area (Å²) in [6.45, 7) is 4.40. The van der Waals surface area contributed by atoms with E-state index in [4.69, 9.17) is 4.74 Å². The standard InChI is InChI=1S/C10H19NO2/c1-4-13-10(12)7-8(2)11(3)9-5-6-9/h8-9H,4-7H2,1-3H3. The number of hydrogen-bond acceptors (Lipinski definition) is 3. The first kappa shape index (κ1) is 10.5. The molecule has 1 unspecified atom stereocenters. The molecule has 1 atom stereocenters. The molecule has 76 valence electrons. The molecular formula is C10H19NO2. The third-order valence-corrected chi connectivity index (χ3v) is 2.59. The summed E-state index contributed by atoms with van der Waals surface area (Å²) in [4.78, 5) is 13.4. The van der Waals surface area contributed by atoms with Gasteiger partial charge in [-0.3, -0.25) is 4.79 Å². The summed E-state index contributed by atoms with van der Waals surface area (Å²) in [6.07, 6.45) is 3.08. The van der Waals surface area contributed by atoms with Gasteiger partial charge in [-0.25, -0.2) is 0 Å². The quantitative estimate of drug-likeness (QED) is 0.607. The molecular weight excluding hydrogens is 166 g/mol. The van der Waals surface area contributed by atoms with Crippen LogP contribution in [0.1, 0.15) is 33.1 Å². The first-order valence-electron chi connectivity index (χ1n) is 5.02. The van der Waals surface area contributed by atoms with Crippen molar-refractivity contribution in [2.75, 3.05) is 13.7 Å². The predicted octanol–water partition coefficient (Wildman–Crippen LogP) is 1.42. The second-order valence-corrected chi connectivity index (χ2v) is 3.75. The van der Waals surface area contributed by atoms with Gasteiger partial charge >= 0.3 is 5.97 Å². The first-order chi connectivity index (χ1) is 6.15. The van der Waals surface area contributed by atoms with E-state index >= 15 is 0 Å². The molecule has 0 saturated heterocycles. The van der Waals surface area contributed by atoms with Crippen LogP contribution in [0.4, 0.5) is 0 Å². The molecule has 0 N–H and O–H groups in total. The highest BCUT2D eigenvalue weighted by atomic mass is 16.5. The molecule has 1 saturated carbocycles. The van der Waals surface area contributed by atoms with Crippen LogP contribution in [0.2, 0.25) is 0 Å². The van der Waals surface area contributed by atoms with Crippen molar-refractivity contribution >= 4 is 5.97 Å². The van der Waals surface area contributed by atoms with Crippen molar-refractivity contribution in [1.29, 1.82) is 0 Å². The Morgan fingerprint density at radius 3 is 2.69 bits per heavy atom. The zero-order valence-electron chi connectivity index (χ0n) is 8.75. The van der Waals surface area contributed by atoms with Crippen LogP contribution >= 0.6 is 0 Å². The van der Waals surface area contributed by atoms with Crippen LogP contribution in [0.3, 0.4) is 0 Å². The van der Waals surface area contributed by atoms with Crippen molar-refractivity contribution in [1.82, 2.24) is 4.90 Å². The van der Waals surface area contributed by atoms with Crippen LogP contribution < -0.4 is 0 Å². The van der Waals surface area contributed by atoms with E-state index in [1.807, 2.05) is 6.92 Å². The summed E-state index contributed by atoms with van der Waals surface area (Å²) in [6, 6.07) is 1.02. The SMILES string of the molecule is CCOC(=O)CC(C)N(C)C1CC1. The zero-order chi connectivity index (χ0) is 9.84. The van der Waals surface area contributed by atoms with Gasteiger partial charge in [0, 0.05) is 12.1 Å². The lowest BCUT2D eigenvalue weighted by Gasteiger charge is -2.23. The first-order valence-corrected chi connectivity index (χ1v) is 5.02. The zero-order valence-corrected chi connectivity index (χ0v) is 8.75. The molecule has 13 heavy (non-hydrogen) atoms. The van der Waals surface area contributed by atoms with E-state index in [2.05, 4.69) is 18.9 Å². The second kappa shape index (κ2) is 4.61. The molecule has 1 aliphatic rings. The lowest BCUT2D eigenvalue weighted by atomic mass is 10.2. The van der Waals surface area contributed by atoms with Crippen LogP contribution in [-0.2, 0) is 9.53 Å². The Hall–Kier alpha value is -0.570. The number of nitrogens with zero attached hydrogens (tertiary/aromatic N) is 1. The van der Waals surface area contributed by atoms with Gasteiger partial charge in [-0.15, -0.1) is 0 Å². The average Bonchev–Trinajstić information content (AvgIpc) is 2.85. The van der Waals surface area contributed by atoms with Gasteiger partial charge in [0.15, 0.2) is 0 Å². The molecule has 0 aromatic carbocycles. The molecule has 1 fully saturated rings. The second-order valence-electron chi connectivity index (χ2n) is 3.75. The van der Waals surface area contributed by atoms with Gasteiger partial charge in [-0.05, 0) is 33.7 Å². The molecule has 0 bridgehead atoms. The molecule has 0 amide bonds. The van der Waals surface area contributed by atoms with E-state index in [0.29, 0.717) is 25.1 Å². The normalized spacial score (nSPS) is 18.8. The minimum absolute atomic E-state index is 0.0810. The van der Waals surface area contributed by atoms with Gasteiger partial charge in [0.25, 0.3) is 0 Å². The fourth-order valence-electron chi connectivity index (χ4n) is 1.45. The molecule has 0 radical (unpaired) electrons. The number of hydrogen-bond donors (Lipinski definition) is 0. The number of rotatable bonds is 5. The van der Waals surface area contributed by atoms with Gasteiger partial charge < -0.3 is 9.64 Å². The third kappa shape index (κ3) is 3.35. The van der Waals surface area contributed by atoms with Crippen molar-refractivity contribution in [3.05, 3.63) is 0 Å². The molecule has 0 aromatic rings. The minimum Gasteiger partial charge on any atom is -0.466 e. The van der Waals surface area contributed by atoms with Crippen molar-refractivity contribution in [2.45, 2.75) is 45.2 Å². The highest BCUT2D eigenvalue weighted by Gasteiger charge is 2.29. The Balaban J connectivity index is 2.22. The fraction of sp³-hybridized carbons (Fsp3) is 0.900. The smallest absolute Gasteiger partial charge is 0.307 e. The molecule has 0 aromatic heterocycles. The Morgan fingerprint density at radius 2 is 2.23 bits per heavy atom. The predicted molar refractivity (Wildman–Crippen MR) is 51.5 cm³/mol. The van der Waals surface area contributed by atoms with Gasteiger partial charge in [0.2, 0.25) is 0 Å². The van der Waals surface area contributed by atoms with Crippen LogP contribution in [0, 0.1) is 0 Å². The van der Waals surface area contributed by atoms with E-state index in [1.54, 1.807) is 0 Å². The van der Waals surface area contributed by atoms with Crippen LogP contribution in [0.25, 0.3) is 0 Å². The van der Waals surface area contributed by atoms with Gasteiger partial charge in [-0.2, -0.15) is 0 Å². The van der Waals surface area contributed by atoms with E-state index in [-0.39, 0.29) is 5.97 Å². The molecule has 0 aliphatic heterocycles. The molecule has 1 aliphatic carbocycles. The highest BCUT2D eigenvalue weighted by molar-refractivity contribution is 5.70. The van der Waals surface area contributed by atoms with Crippen molar-refractivity contribution in [2.24, 2.45) is 0 Å². The van der Waals surface area contributed by atoms with E-state index in [0.717, 1.165) is 0 Å². The summed E-state index contributed by atoms with van der Waals surface area (Å²) in [7, 11) is 2.08. The van der Waals surface area contributed by atoms with Crippen LogP contribution in [0.5, 0.6) is 0 Å². The number of esters is 1. The average molecular weight is 185 g/mol. The maximum Gasteiger partial charge on any atom is 0.307 e. The summed E-state index contributed by atoms with van der Waals surface area (Å²) in [5.74, 6) is -0.0810. The summed E-state index contributed by atoms with van der Waals surface area (Å²) < 4.78 is 4.90. The third-order valence-electron chi connectivity index (χ3n) is 2.59. The largest absolute Gasteiger partial charge is 0.466 e. The Bertz CT molecular complexity index is 178. The van der Waals surface area contributed by atoms with E-state index in [1.165, 1.54) is 12.8 Å². The van der Waals surface area contributed by atoms with Gasteiger partial charge in [0.05, 0.1) is 13.0 Å². The molecule has 1 rings (SSSR count). The van der Waals surface area contributed by atoms with Gasteiger partial charge in [0.1, 0.15) is 0 Å². The summed E-state index contributed by atoms with van der Waals surface area (Å²) in [5, 5.41) is 0. The lowest BCUT2D eigenvalue weighted by Crippen LogP contribution is -2.33. The molecule has 3 heteroatoms. The number of ether oxygens (including phenoxy) is 1.